The molecule has 0 saturated heterocycles. The van der Waals surface area contributed by atoms with Crippen LogP contribution in [0.1, 0.15) is 28.4 Å². The molecule has 0 aliphatic rings. The topological polar surface area (TPSA) is 108 Å². The van der Waals surface area contributed by atoms with E-state index in [9.17, 15) is 27.9 Å². The number of benzene rings is 1. The van der Waals surface area contributed by atoms with Crippen molar-refractivity contribution < 1.29 is 27.9 Å². The normalized spacial score (nSPS) is 13.1. The lowest BCUT2D eigenvalue weighted by molar-refractivity contribution is -0.137. The Labute approximate surface area is 157 Å². The zero-order chi connectivity index (χ0) is 21.1. The predicted octanol–water partition coefficient (Wildman–Crippen LogP) is 1.98. The number of nitrogens with one attached hydrogen (secondary N) is 1. The fourth-order valence-corrected chi connectivity index (χ4v) is 2.24. The monoisotopic (exact) mass is 390 g/mol. The van der Waals surface area contributed by atoms with Crippen LogP contribution in [-0.4, -0.2) is 32.2 Å². The first kappa shape index (κ1) is 20.7. The smallest absolute Gasteiger partial charge is 0.368 e. The minimum atomic E-state index is -4.81. The highest BCUT2D eigenvalue weighted by atomic mass is 19.4. The van der Waals surface area contributed by atoms with Gasteiger partial charge in [-0.25, -0.2) is 0 Å². The number of ketones is 1. The molecule has 1 heterocycles. The van der Waals surface area contributed by atoms with Crippen molar-refractivity contribution in [3.05, 3.63) is 47.3 Å². The summed E-state index contributed by atoms with van der Waals surface area (Å²) in [6, 6.07) is 3.94. The summed E-state index contributed by atoms with van der Waals surface area (Å²) >= 11 is 0. The van der Waals surface area contributed by atoms with Crippen molar-refractivity contribution >= 4 is 17.4 Å². The fraction of sp³-hybridized carbons (Fsp3) is 0.222. The fourth-order valence-electron chi connectivity index (χ4n) is 2.24. The van der Waals surface area contributed by atoms with E-state index in [0.717, 1.165) is 16.8 Å². The summed E-state index contributed by atoms with van der Waals surface area (Å²) in [6.07, 6.45) is 2.90. The second kappa shape index (κ2) is 7.55. The van der Waals surface area contributed by atoms with Crippen LogP contribution in [0.2, 0.25) is 0 Å². The van der Waals surface area contributed by atoms with Crippen molar-refractivity contribution in [3.8, 4) is 18.4 Å². The van der Waals surface area contributed by atoms with E-state index in [1.165, 1.54) is 25.4 Å². The van der Waals surface area contributed by atoms with E-state index in [1.54, 1.807) is 0 Å². The van der Waals surface area contributed by atoms with Gasteiger partial charge in [-0.05, 0) is 25.1 Å². The quantitative estimate of drug-likeness (QED) is 0.600. The first-order valence-electron chi connectivity index (χ1n) is 7.66. The molecule has 0 bridgehead atoms. The molecular formula is C18H13F3N4O3. The van der Waals surface area contributed by atoms with Gasteiger partial charge < -0.3 is 10.4 Å². The maximum absolute atomic E-state index is 13.0. The molecule has 0 radical (unpaired) electrons. The van der Waals surface area contributed by atoms with Gasteiger partial charge in [-0.3, -0.25) is 14.3 Å². The molecular weight excluding hydrogens is 377 g/mol. The van der Waals surface area contributed by atoms with Crippen molar-refractivity contribution in [1.82, 2.24) is 9.78 Å². The zero-order valence-electron chi connectivity index (χ0n) is 14.4. The molecule has 0 spiro atoms. The largest absolute Gasteiger partial charge is 0.417 e. The number of terminal acetylenes is 1. The van der Waals surface area contributed by atoms with E-state index in [2.05, 4.69) is 10.4 Å². The third-order valence-electron chi connectivity index (χ3n) is 3.75. The van der Waals surface area contributed by atoms with Gasteiger partial charge in [0.25, 0.3) is 5.91 Å². The highest BCUT2D eigenvalue weighted by molar-refractivity contribution is 5.99. The number of nitrogens with zero attached hydrogens (tertiary/aromatic N) is 3. The Kier molecular flexibility index (Phi) is 5.57. The minimum absolute atomic E-state index is 0.224. The summed E-state index contributed by atoms with van der Waals surface area (Å²) in [5.74, 6) is 0.408. The number of anilines is 1. The maximum Gasteiger partial charge on any atom is 0.417 e. The molecule has 7 nitrogen and oxygen atoms in total. The standard InChI is InChI=1S/C18H13F3N4O3/c1-3-17(28,10-25-9-13(8-23-25)11(2)26)16(27)24-14-5-4-12(7-22)15(6-14)18(19,20)21/h1,4-6,8-9,28H,10H2,2H3,(H,24,27). The molecule has 0 saturated carbocycles. The van der Waals surface area contributed by atoms with Gasteiger partial charge in [0, 0.05) is 11.9 Å². The zero-order valence-corrected chi connectivity index (χ0v) is 14.4. The van der Waals surface area contributed by atoms with Gasteiger partial charge >= 0.3 is 6.18 Å². The predicted molar refractivity (Wildman–Crippen MR) is 90.8 cm³/mol. The van der Waals surface area contributed by atoms with E-state index in [4.69, 9.17) is 11.7 Å². The summed E-state index contributed by atoms with van der Waals surface area (Å²) < 4.78 is 40.1. The van der Waals surface area contributed by atoms with Crippen molar-refractivity contribution in [1.29, 1.82) is 5.26 Å². The molecule has 0 aliphatic heterocycles. The average Bonchev–Trinajstić information content (AvgIpc) is 3.09. The molecule has 0 aliphatic carbocycles. The molecule has 1 amide bonds. The molecule has 1 unspecified atom stereocenters. The van der Waals surface area contributed by atoms with Gasteiger partial charge in [0.2, 0.25) is 5.60 Å². The van der Waals surface area contributed by atoms with Crippen LogP contribution >= 0.6 is 0 Å². The summed E-state index contributed by atoms with van der Waals surface area (Å²) in [5.41, 5.74) is -4.40. The SMILES string of the molecule is C#CC(O)(Cn1cc(C(C)=O)cn1)C(=O)Nc1ccc(C#N)c(C(F)(F)F)c1. The van der Waals surface area contributed by atoms with Gasteiger partial charge in [0.15, 0.2) is 5.78 Å². The minimum Gasteiger partial charge on any atom is -0.368 e. The average molecular weight is 390 g/mol. The lowest BCUT2D eigenvalue weighted by atomic mass is 10.0. The number of aromatic nitrogens is 2. The van der Waals surface area contributed by atoms with Gasteiger partial charge in [0.05, 0.1) is 35.5 Å². The lowest BCUT2D eigenvalue weighted by Gasteiger charge is -2.21. The molecule has 1 atom stereocenters. The number of aliphatic hydroxyl groups is 1. The molecule has 28 heavy (non-hydrogen) atoms. The number of hydrogen-bond acceptors (Lipinski definition) is 5. The third kappa shape index (κ3) is 4.37. The molecule has 1 aromatic carbocycles. The number of Topliss-reactive ketones (excluding diaryl/α,β-unsaturated/α-hetero) is 1. The summed E-state index contributed by atoms with van der Waals surface area (Å²) in [6.45, 7) is 0.760. The van der Waals surface area contributed by atoms with Crippen molar-refractivity contribution in [2.24, 2.45) is 0 Å². The van der Waals surface area contributed by atoms with Crippen LogP contribution in [0.5, 0.6) is 0 Å². The Bertz CT molecular complexity index is 1010. The Hall–Kier alpha value is -3.63. The molecule has 1 aromatic heterocycles. The Morgan fingerprint density at radius 3 is 2.57 bits per heavy atom. The number of rotatable bonds is 5. The maximum atomic E-state index is 13.0. The number of carbonyl (C=O) groups is 2. The van der Waals surface area contributed by atoms with E-state index < -0.39 is 35.4 Å². The number of halogens is 3. The van der Waals surface area contributed by atoms with Gasteiger partial charge in [-0.1, -0.05) is 5.92 Å². The summed E-state index contributed by atoms with van der Waals surface area (Å²) in [7, 11) is 0. The molecule has 144 valence electrons. The summed E-state index contributed by atoms with van der Waals surface area (Å²) in [4.78, 5) is 23.7. The summed E-state index contributed by atoms with van der Waals surface area (Å²) in [5, 5.41) is 25.1. The van der Waals surface area contributed by atoms with Crippen molar-refractivity contribution in [3.63, 3.8) is 0 Å². The Morgan fingerprint density at radius 1 is 1.39 bits per heavy atom. The van der Waals surface area contributed by atoms with Crippen LogP contribution in [0, 0.1) is 23.7 Å². The molecule has 2 rings (SSSR count). The van der Waals surface area contributed by atoms with E-state index in [0.29, 0.717) is 6.07 Å². The molecule has 0 fully saturated rings. The van der Waals surface area contributed by atoms with Crippen LogP contribution in [-0.2, 0) is 17.5 Å². The Balaban J connectivity index is 2.27. The van der Waals surface area contributed by atoms with Crippen molar-refractivity contribution in [2.75, 3.05) is 5.32 Å². The molecule has 10 heteroatoms. The number of amides is 1. The van der Waals surface area contributed by atoms with Crippen LogP contribution in [0.4, 0.5) is 18.9 Å². The van der Waals surface area contributed by atoms with E-state index in [1.807, 2.05) is 5.92 Å². The highest BCUT2D eigenvalue weighted by Crippen LogP contribution is 2.33. The highest BCUT2D eigenvalue weighted by Gasteiger charge is 2.37. The van der Waals surface area contributed by atoms with Crippen LogP contribution in [0.25, 0.3) is 0 Å². The lowest BCUT2D eigenvalue weighted by Crippen LogP contribution is -2.45. The van der Waals surface area contributed by atoms with E-state index >= 15 is 0 Å². The number of hydrogen-bond donors (Lipinski definition) is 2. The van der Waals surface area contributed by atoms with Gasteiger partial charge in [-0.15, -0.1) is 6.42 Å². The first-order chi connectivity index (χ1) is 13.0. The van der Waals surface area contributed by atoms with Gasteiger partial charge in [-0.2, -0.15) is 23.5 Å². The van der Waals surface area contributed by atoms with Gasteiger partial charge in [0.1, 0.15) is 0 Å². The number of nitriles is 1. The second-order valence-corrected chi connectivity index (χ2v) is 5.81. The van der Waals surface area contributed by atoms with Crippen molar-refractivity contribution in [2.45, 2.75) is 25.2 Å². The van der Waals surface area contributed by atoms with Crippen LogP contribution in [0.3, 0.4) is 0 Å². The van der Waals surface area contributed by atoms with Crippen LogP contribution < -0.4 is 5.32 Å². The Morgan fingerprint density at radius 2 is 2.07 bits per heavy atom. The molecule has 2 N–H and O–H groups in total. The third-order valence-corrected chi connectivity index (χ3v) is 3.75. The first-order valence-corrected chi connectivity index (χ1v) is 7.66. The van der Waals surface area contributed by atoms with Crippen LogP contribution in [0.15, 0.2) is 30.6 Å². The second-order valence-electron chi connectivity index (χ2n) is 5.81. The number of alkyl halides is 3. The van der Waals surface area contributed by atoms with E-state index in [-0.39, 0.29) is 17.0 Å². The molecule has 2 aromatic rings. The number of carbonyl (C=O) groups excluding carboxylic acids is 2.